The van der Waals surface area contributed by atoms with Crippen molar-refractivity contribution in [2.45, 2.75) is 13.5 Å². The second-order valence-electron chi connectivity index (χ2n) is 8.19. The first kappa shape index (κ1) is 27.0. The van der Waals surface area contributed by atoms with E-state index in [1.165, 1.54) is 30.0 Å². The molecule has 4 aromatic rings. The van der Waals surface area contributed by atoms with Crippen LogP contribution in [0.15, 0.2) is 83.1 Å². The van der Waals surface area contributed by atoms with E-state index in [1.54, 1.807) is 6.92 Å². The highest BCUT2D eigenvalue weighted by Gasteiger charge is 2.21. The Bertz CT molecular complexity index is 1460. The molecular weight excluding hydrogens is 509 g/mol. The Morgan fingerprint density at radius 1 is 1.16 bits per heavy atom. The van der Waals surface area contributed by atoms with Gasteiger partial charge in [-0.1, -0.05) is 54.6 Å². The van der Waals surface area contributed by atoms with Gasteiger partial charge >= 0.3 is 7.75 Å². The molecule has 2 aromatic heterocycles. The fourth-order valence-corrected chi connectivity index (χ4v) is 4.35. The molecule has 0 saturated heterocycles. The van der Waals surface area contributed by atoms with E-state index in [-0.39, 0.29) is 37.3 Å². The second kappa shape index (κ2) is 12.4. The number of imidazole rings is 1. The molecule has 2 aromatic carbocycles. The topological polar surface area (TPSA) is 161 Å². The predicted octanol–water partition coefficient (Wildman–Crippen LogP) is 3.20. The van der Waals surface area contributed by atoms with Crippen LogP contribution in [0.25, 0.3) is 11.1 Å². The number of ether oxygens (including phenoxy) is 1. The van der Waals surface area contributed by atoms with Gasteiger partial charge in [0.05, 0.1) is 31.7 Å². The first-order chi connectivity index (χ1) is 18.3. The number of hydrogen-bond donors (Lipinski definition) is 3. The number of aromatic amines is 1. The Kier molecular flexibility index (Phi) is 8.82. The molecule has 0 aliphatic rings. The van der Waals surface area contributed by atoms with Crippen LogP contribution in [0.2, 0.25) is 0 Å². The third kappa shape index (κ3) is 7.02. The van der Waals surface area contributed by atoms with Crippen LogP contribution in [0.1, 0.15) is 11.1 Å². The van der Waals surface area contributed by atoms with Crippen molar-refractivity contribution in [1.29, 1.82) is 0 Å². The number of nitrogens with two attached hydrogens (primary N) is 1. The smallest absolute Gasteiger partial charge is 0.369 e. The molecule has 38 heavy (non-hydrogen) atoms. The van der Waals surface area contributed by atoms with Crippen molar-refractivity contribution in [3.05, 3.63) is 94.8 Å². The van der Waals surface area contributed by atoms with Crippen LogP contribution >= 0.6 is 7.75 Å². The van der Waals surface area contributed by atoms with Crippen LogP contribution in [0.3, 0.4) is 0 Å². The quantitative estimate of drug-likeness (QED) is 0.0810. The average Bonchev–Trinajstić information content (AvgIpc) is 3.47. The van der Waals surface area contributed by atoms with Gasteiger partial charge in [-0.15, -0.1) is 0 Å². The third-order valence-corrected chi connectivity index (χ3v) is 6.81. The molecule has 198 valence electrons. The number of nitrogens with one attached hydrogen (secondary N) is 1. The highest BCUT2D eigenvalue weighted by molar-refractivity contribution is 7.51. The number of anilines is 2. The molecular formula is C25H28N7O5P. The number of rotatable bonds is 12. The first-order valence-corrected chi connectivity index (χ1v) is 13.2. The van der Waals surface area contributed by atoms with Crippen molar-refractivity contribution < 1.29 is 18.7 Å². The Hall–Kier alpha value is -4.09. The van der Waals surface area contributed by atoms with Gasteiger partial charge < -0.3 is 15.4 Å². The molecule has 2 heterocycles. The second-order valence-corrected chi connectivity index (χ2v) is 9.89. The number of nitrogen functional groups attached to an aromatic ring is 1. The maximum Gasteiger partial charge on any atom is 0.437 e. The standard InChI is InChI=1S/C25H28N7O5P/c1-19-23(29-25(26)30-24(19)33)31(18-36-13-14-37-38(34,35)32-12-11-27-17-32)16-28-15-20-7-9-22(10-8-20)21-5-3-2-4-6-21/h2-12,16-17H,13-15,18H2,1H3,(H,34,35)(H3,26,29,30,33). The molecule has 0 fully saturated rings. The van der Waals surface area contributed by atoms with Gasteiger partial charge in [-0.3, -0.25) is 24.2 Å². The van der Waals surface area contributed by atoms with E-state index in [2.05, 4.69) is 32.1 Å². The van der Waals surface area contributed by atoms with Crippen molar-refractivity contribution in [3.8, 4) is 11.1 Å². The lowest BCUT2D eigenvalue weighted by Gasteiger charge is -2.20. The van der Waals surface area contributed by atoms with E-state index in [1.807, 2.05) is 42.5 Å². The summed E-state index contributed by atoms with van der Waals surface area (Å²) in [7, 11) is -4.06. The van der Waals surface area contributed by atoms with Crippen LogP contribution < -0.4 is 16.2 Å². The molecule has 0 radical (unpaired) electrons. The Morgan fingerprint density at radius 3 is 2.61 bits per heavy atom. The lowest BCUT2D eigenvalue weighted by atomic mass is 10.0. The van der Waals surface area contributed by atoms with Gasteiger partial charge in [0, 0.05) is 12.4 Å². The minimum absolute atomic E-state index is 0.0117. The van der Waals surface area contributed by atoms with Gasteiger partial charge in [-0.05, 0) is 23.6 Å². The van der Waals surface area contributed by atoms with Gasteiger partial charge in [0.25, 0.3) is 5.56 Å². The summed E-state index contributed by atoms with van der Waals surface area (Å²) in [5.41, 5.74) is 8.93. The Balaban J connectivity index is 1.40. The number of nitrogens with zero attached hydrogens (tertiary/aromatic N) is 5. The van der Waals surface area contributed by atoms with E-state index >= 15 is 0 Å². The van der Waals surface area contributed by atoms with Crippen LogP contribution in [0.5, 0.6) is 0 Å². The Morgan fingerprint density at radius 2 is 1.89 bits per heavy atom. The predicted molar refractivity (Wildman–Crippen MR) is 145 cm³/mol. The summed E-state index contributed by atoms with van der Waals surface area (Å²) in [5, 5.41) is 0. The van der Waals surface area contributed by atoms with E-state index in [0.717, 1.165) is 21.0 Å². The van der Waals surface area contributed by atoms with Gasteiger partial charge in [-0.2, -0.15) is 4.98 Å². The van der Waals surface area contributed by atoms with Crippen LogP contribution in [0, 0.1) is 6.92 Å². The molecule has 4 N–H and O–H groups in total. The lowest BCUT2D eigenvalue weighted by molar-refractivity contribution is 0.0997. The number of hydrogen-bond acceptors (Lipinski definition) is 8. The number of benzene rings is 2. The molecule has 1 atom stereocenters. The minimum Gasteiger partial charge on any atom is -0.369 e. The van der Waals surface area contributed by atoms with Gasteiger partial charge in [-0.25, -0.2) is 13.9 Å². The zero-order valence-corrected chi connectivity index (χ0v) is 21.6. The maximum absolute atomic E-state index is 12.2. The number of H-pyrrole nitrogens is 1. The molecule has 0 bridgehead atoms. The summed E-state index contributed by atoms with van der Waals surface area (Å²) in [6.07, 6.45) is 5.42. The normalized spacial score (nSPS) is 13.0. The average molecular weight is 538 g/mol. The van der Waals surface area contributed by atoms with Crippen molar-refractivity contribution in [2.24, 2.45) is 4.99 Å². The lowest BCUT2D eigenvalue weighted by Crippen LogP contribution is -2.30. The van der Waals surface area contributed by atoms with Crippen molar-refractivity contribution in [3.63, 3.8) is 0 Å². The third-order valence-electron chi connectivity index (χ3n) is 5.47. The van der Waals surface area contributed by atoms with Gasteiger partial charge in [0.15, 0.2) is 0 Å². The monoisotopic (exact) mass is 537 g/mol. The molecule has 13 heteroatoms. The molecule has 0 aliphatic carbocycles. The summed E-state index contributed by atoms with van der Waals surface area (Å²) in [4.78, 5) is 38.7. The Labute approximate surface area is 219 Å². The molecule has 1 unspecified atom stereocenters. The van der Waals surface area contributed by atoms with Crippen LogP contribution in [-0.4, -0.2) is 50.5 Å². The van der Waals surface area contributed by atoms with Crippen LogP contribution in [-0.2, 0) is 20.4 Å². The largest absolute Gasteiger partial charge is 0.437 e. The summed E-state index contributed by atoms with van der Waals surface area (Å²) in [6.45, 7) is 1.76. The fraction of sp³-hybridized carbons (Fsp3) is 0.200. The number of aromatic nitrogens is 4. The molecule has 0 spiro atoms. The van der Waals surface area contributed by atoms with E-state index in [0.29, 0.717) is 12.1 Å². The fourth-order valence-electron chi connectivity index (χ4n) is 3.49. The van der Waals surface area contributed by atoms with E-state index in [9.17, 15) is 14.3 Å². The number of aliphatic imine (C=N–C) groups is 1. The van der Waals surface area contributed by atoms with E-state index in [4.69, 9.17) is 15.0 Å². The summed E-state index contributed by atoms with van der Waals surface area (Å²) >= 11 is 0. The van der Waals surface area contributed by atoms with Crippen molar-refractivity contribution in [1.82, 2.24) is 19.3 Å². The zero-order chi connectivity index (χ0) is 27.0. The highest BCUT2D eigenvalue weighted by atomic mass is 31.2. The summed E-state index contributed by atoms with van der Waals surface area (Å²) < 4.78 is 23.9. The maximum atomic E-state index is 12.2. The van der Waals surface area contributed by atoms with Crippen LogP contribution in [0.4, 0.5) is 11.8 Å². The molecule has 12 nitrogen and oxygen atoms in total. The first-order valence-electron chi connectivity index (χ1n) is 11.6. The van der Waals surface area contributed by atoms with E-state index < -0.39 is 7.75 Å². The summed E-state index contributed by atoms with van der Waals surface area (Å²) in [6, 6.07) is 18.1. The molecule has 0 saturated carbocycles. The minimum atomic E-state index is -4.06. The molecule has 0 aliphatic heterocycles. The molecule has 0 amide bonds. The van der Waals surface area contributed by atoms with Crippen molar-refractivity contribution >= 4 is 25.9 Å². The highest BCUT2D eigenvalue weighted by Crippen LogP contribution is 2.42. The van der Waals surface area contributed by atoms with Gasteiger partial charge in [0.1, 0.15) is 18.9 Å². The SMILES string of the molecule is Cc1c(N(C=NCc2ccc(-c3ccccc3)cc2)COCCOP(=O)(O)n2ccnc2)nc(N)[nH]c1=O. The van der Waals surface area contributed by atoms with Gasteiger partial charge in [0.2, 0.25) is 5.95 Å². The summed E-state index contributed by atoms with van der Waals surface area (Å²) in [5.74, 6) is 0.233. The zero-order valence-electron chi connectivity index (χ0n) is 20.7. The molecule has 4 rings (SSSR count). The van der Waals surface area contributed by atoms with Crippen molar-refractivity contribution in [2.75, 3.05) is 30.6 Å².